The molecule has 0 aromatic heterocycles. The quantitative estimate of drug-likeness (QED) is 0.787. The lowest BCUT2D eigenvalue weighted by Gasteiger charge is -2.16. The van der Waals surface area contributed by atoms with Crippen LogP contribution in [0.15, 0.2) is 53.0 Å². The predicted octanol–water partition coefficient (Wildman–Crippen LogP) is 3.29. The lowest BCUT2D eigenvalue weighted by molar-refractivity contribution is -0.137. The van der Waals surface area contributed by atoms with E-state index in [0.717, 1.165) is 28.2 Å². The summed E-state index contributed by atoms with van der Waals surface area (Å²) in [4.78, 5) is 23.8. The van der Waals surface area contributed by atoms with Crippen molar-refractivity contribution in [3.05, 3.63) is 69.7 Å². The number of nitrogens with one attached hydrogen (secondary N) is 1. The second-order valence-corrected chi connectivity index (χ2v) is 6.26. The highest BCUT2D eigenvalue weighted by molar-refractivity contribution is 9.10. The number of hydrogen-bond acceptors (Lipinski definition) is 2. The van der Waals surface area contributed by atoms with Crippen LogP contribution in [0.4, 0.5) is 13.2 Å². The third-order valence-corrected chi connectivity index (χ3v) is 3.92. The number of halogens is 4. The highest BCUT2D eigenvalue weighted by Crippen LogP contribution is 2.29. The smallest absolute Gasteiger partial charge is 0.368 e. The van der Waals surface area contributed by atoms with Gasteiger partial charge in [-0.3, -0.25) is 9.59 Å². The fraction of sp³-hybridized carbons (Fsp3) is 0.176. The molecule has 2 aromatic carbocycles. The topological polar surface area (TPSA) is 72.2 Å². The Balaban J connectivity index is 2.17. The van der Waals surface area contributed by atoms with Crippen molar-refractivity contribution in [1.82, 2.24) is 5.32 Å². The van der Waals surface area contributed by atoms with E-state index in [2.05, 4.69) is 21.2 Å². The average molecular weight is 415 g/mol. The number of nitrogens with two attached hydrogens (primary N) is 1. The second-order valence-electron chi connectivity index (χ2n) is 5.34. The summed E-state index contributed by atoms with van der Waals surface area (Å²) in [6, 6.07) is 9.97. The molecule has 2 rings (SSSR count). The van der Waals surface area contributed by atoms with Gasteiger partial charge < -0.3 is 11.1 Å². The molecule has 0 saturated heterocycles. The Morgan fingerprint density at radius 2 is 1.80 bits per heavy atom. The van der Waals surface area contributed by atoms with E-state index in [-0.39, 0.29) is 12.0 Å². The maximum Gasteiger partial charge on any atom is 0.416 e. The van der Waals surface area contributed by atoms with Crippen molar-refractivity contribution >= 4 is 27.7 Å². The number of amides is 2. The summed E-state index contributed by atoms with van der Waals surface area (Å²) in [7, 11) is 0. The zero-order valence-electron chi connectivity index (χ0n) is 12.8. The third kappa shape index (κ3) is 5.32. The molecule has 0 saturated carbocycles. The molecule has 1 atom stereocenters. The van der Waals surface area contributed by atoms with Crippen LogP contribution in [0, 0.1) is 0 Å². The van der Waals surface area contributed by atoms with Gasteiger partial charge in [-0.25, -0.2) is 0 Å². The molecule has 0 bridgehead atoms. The first-order valence-corrected chi connectivity index (χ1v) is 7.98. The molecule has 0 fully saturated rings. The van der Waals surface area contributed by atoms with Crippen LogP contribution in [-0.4, -0.2) is 17.9 Å². The van der Waals surface area contributed by atoms with Crippen LogP contribution in [0.25, 0.3) is 0 Å². The molecule has 0 heterocycles. The predicted molar refractivity (Wildman–Crippen MR) is 89.7 cm³/mol. The molecule has 0 aliphatic heterocycles. The van der Waals surface area contributed by atoms with Crippen LogP contribution in [0.2, 0.25) is 0 Å². The minimum absolute atomic E-state index is 0.124. The molecule has 0 radical (unpaired) electrons. The van der Waals surface area contributed by atoms with E-state index in [9.17, 15) is 22.8 Å². The first-order valence-electron chi connectivity index (χ1n) is 7.18. The number of alkyl halides is 3. The van der Waals surface area contributed by atoms with Crippen molar-refractivity contribution in [2.75, 3.05) is 0 Å². The standard InChI is InChI=1S/C17H14BrF3N2O2/c18-13-6-1-3-10(7-13)8-14(15(22)24)23-16(25)11-4-2-5-12(9-11)17(19,20)21/h1-7,9,14H,8H2,(H2,22,24)(H,23,25)/t14-/m0/s1. The Kier molecular flexibility index (Phi) is 5.84. The molecule has 2 aromatic rings. The molecule has 3 N–H and O–H groups in total. The van der Waals surface area contributed by atoms with Gasteiger partial charge in [-0.1, -0.05) is 34.1 Å². The van der Waals surface area contributed by atoms with E-state index in [0.29, 0.717) is 0 Å². The van der Waals surface area contributed by atoms with Crippen molar-refractivity contribution in [3.63, 3.8) is 0 Å². The zero-order chi connectivity index (χ0) is 18.6. The van der Waals surface area contributed by atoms with Crippen LogP contribution >= 0.6 is 15.9 Å². The molecule has 132 valence electrons. The van der Waals surface area contributed by atoms with Gasteiger partial charge in [0.2, 0.25) is 5.91 Å². The number of carbonyl (C=O) groups is 2. The molecule has 0 aliphatic carbocycles. The van der Waals surface area contributed by atoms with Gasteiger partial charge >= 0.3 is 6.18 Å². The normalized spacial score (nSPS) is 12.5. The van der Waals surface area contributed by atoms with Crippen LogP contribution in [-0.2, 0) is 17.4 Å². The van der Waals surface area contributed by atoms with E-state index >= 15 is 0 Å². The van der Waals surface area contributed by atoms with Crippen molar-refractivity contribution in [1.29, 1.82) is 0 Å². The maximum absolute atomic E-state index is 12.7. The number of rotatable bonds is 5. The molecule has 0 aliphatic rings. The molecular weight excluding hydrogens is 401 g/mol. The van der Waals surface area contributed by atoms with Gasteiger partial charge in [0, 0.05) is 16.5 Å². The molecule has 4 nitrogen and oxygen atoms in total. The lowest BCUT2D eigenvalue weighted by atomic mass is 10.0. The second kappa shape index (κ2) is 7.69. The Morgan fingerprint density at radius 1 is 1.12 bits per heavy atom. The van der Waals surface area contributed by atoms with Gasteiger partial charge in [-0.15, -0.1) is 0 Å². The van der Waals surface area contributed by atoms with Gasteiger partial charge in [0.05, 0.1) is 5.56 Å². The van der Waals surface area contributed by atoms with Gasteiger partial charge in [0.25, 0.3) is 5.91 Å². The summed E-state index contributed by atoms with van der Waals surface area (Å²) in [5.41, 5.74) is 4.90. The van der Waals surface area contributed by atoms with Gasteiger partial charge in [-0.2, -0.15) is 13.2 Å². The Hall–Kier alpha value is -2.35. The van der Waals surface area contributed by atoms with Crippen molar-refractivity contribution in [2.45, 2.75) is 18.6 Å². The molecule has 0 spiro atoms. The number of primary amides is 1. The number of carbonyl (C=O) groups excluding carboxylic acids is 2. The lowest BCUT2D eigenvalue weighted by Crippen LogP contribution is -2.45. The minimum atomic E-state index is -4.56. The summed E-state index contributed by atoms with van der Waals surface area (Å²) in [6.07, 6.45) is -4.44. The van der Waals surface area contributed by atoms with Crippen molar-refractivity contribution < 1.29 is 22.8 Å². The van der Waals surface area contributed by atoms with E-state index in [1.165, 1.54) is 6.07 Å². The fourth-order valence-electron chi connectivity index (χ4n) is 2.20. The molecule has 8 heteroatoms. The van der Waals surface area contributed by atoms with Crippen LogP contribution < -0.4 is 11.1 Å². The number of benzene rings is 2. The maximum atomic E-state index is 12.7. The first-order chi connectivity index (χ1) is 11.7. The highest BCUT2D eigenvalue weighted by atomic mass is 79.9. The highest BCUT2D eigenvalue weighted by Gasteiger charge is 2.31. The minimum Gasteiger partial charge on any atom is -0.368 e. The molecule has 0 unspecified atom stereocenters. The SMILES string of the molecule is NC(=O)[C@H](Cc1cccc(Br)c1)NC(=O)c1cccc(C(F)(F)F)c1. The van der Waals surface area contributed by atoms with E-state index in [1.807, 2.05) is 0 Å². The first kappa shape index (κ1) is 19.0. The van der Waals surface area contributed by atoms with Crippen molar-refractivity contribution in [2.24, 2.45) is 5.73 Å². The summed E-state index contributed by atoms with van der Waals surface area (Å²) in [6.45, 7) is 0. The van der Waals surface area contributed by atoms with Crippen LogP contribution in [0.1, 0.15) is 21.5 Å². The van der Waals surface area contributed by atoms with Crippen LogP contribution in [0.3, 0.4) is 0 Å². The van der Waals surface area contributed by atoms with Crippen molar-refractivity contribution in [3.8, 4) is 0 Å². The molecule has 2 amide bonds. The van der Waals surface area contributed by atoms with Crippen LogP contribution in [0.5, 0.6) is 0 Å². The van der Waals surface area contributed by atoms with Gasteiger partial charge in [-0.05, 0) is 35.9 Å². The van der Waals surface area contributed by atoms with Gasteiger partial charge in [0.1, 0.15) is 6.04 Å². The van der Waals surface area contributed by atoms with E-state index < -0.39 is 29.6 Å². The van der Waals surface area contributed by atoms with E-state index in [4.69, 9.17) is 5.73 Å². The average Bonchev–Trinajstić information content (AvgIpc) is 2.53. The summed E-state index contributed by atoms with van der Waals surface area (Å²) < 4.78 is 39.0. The third-order valence-electron chi connectivity index (χ3n) is 3.43. The monoisotopic (exact) mass is 414 g/mol. The Bertz CT molecular complexity index is 793. The zero-order valence-corrected chi connectivity index (χ0v) is 14.4. The summed E-state index contributed by atoms with van der Waals surface area (Å²) >= 11 is 3.29. The van der Waals surface area contributed by atoms with E-state index in [1.54, 1.807) is 24.3 Å². The summed E-state index contributed by atoms with van der Waals surface area (Å²) in [5.74, 6) is -1.58. The molecule has 25 heavy (non-hydrogen) atoms. The summed E-state index contributed by atoms with van der Waals surface area (Å²) in [5, 5.41) is 2.38. The largest absolute Gasteiger partial charge is 0.416 e. The fourth-order valence-corrected chi connectivity index (χ4v) is 2.65. The Labute approximate surface area is 150 Å². The van der Waals surface area contributed by atoms with Gasteiger partial charge in [0.15, 0.2) is 0 Å². The Morgan fingerprint density at radius 3 is 2.40 bits per heavy atom. The number of hydrogen-bond donors (Lipinski definition) is 2. The molecular formula is C17H14BrF3N2O2.